The molecule has 2 aliphatic rings. The maximum Gasteiger partial charge on any atom is 0.326 e. The molecular formula is C11H14N4O3. The van der Waals surface area contributed by atoms with Gasteiger partial charge in [0.25, 0.3) is 5.91 Å². The van der Waals surface area contributed by atoms with Gasteiger partial charge in [0.2, 0.25) is 0 Å². The van der Waals surface area contributed by atoms with Gasteiger partial charge in [0.15, 0.2) is 5.69 Å². The van der Waals surface area contributed by atoms with Crippen LogP contribution in [0.4, 0.5) is 0 Å². The molecule has 0 aromatic carbocycles. The highest BCUT2D eigenvalue weighted by atomic mass is 16.4. The number of fused-ring (bicyclic) bond motifs is 1. The van der Waals surface area contributed by atoms with Crippen LogP contribution in [0.1, 0.15) is 29.8 Å². The Morgan fingerprint density at radius 2 is 2.28 bits per heavy atom. The lowest BCUT2D eigenvalue weighted by Gasteiger charge is -2.23. The summed E-state index contributed by atoms with van der Waals surface area (Å²) in [5.41, 5.74) is 0.182. The summed E-state index contributed by atoms with van der Waals surface area (Å²) in [6.45, 7) is 0.521. The number of hydrogen-bond donors (Lipinski definition) is 2. The van der Waals surface area contributed by atoms with Gasteiger partial charge < -0.3 is 10.0 Å². The summed E-state index contributed by atoms with van der Waals surface area (Å²) in [6, 6.07) is -0.707. The Labute approximate surface area is 103 Å². The standard InChI is InChI=1S/C11H14N4O3/c16-10(8-4-12-14-13-8)15-5-6-2-1-3-7(6)9(15)11(17)18/h4,6-7,9H,1-3,5H2,(H,17,18)(H,12,13,14). The van der Waals surface area contributed by atoms with Crippen LogP contribution in [0.25, 0.3) is 0 Å². The molecule has 0 spiro atoms. The highest BCUT2D eigenvalue weighted by Gasteiger charge is 2.49. The van der Waals surface area contributed by atoms with Crippen molar-refractivity contribution in [3.63, 3.8) is 0 Å². The van der Waals surface area contributed by atoms with E-state index in [0.717, 1.165) is 19.3 Å². The van der Waals surface area contributed by atoms with Gasteiger partial charge in [-0.1, -0.05) is 6.42 Å². The summed E-state index contributed by atoms with van der Waals surface area (Å²) in [7, 11) is 0. The molecule has 1 aromatic rings. The Hall–Kier alpha value is -1.92. The van der Waals surface area contributed by atoms with Crippen LogP contribution in [0.15, 0.2) is 6.20 Å². The first-order valence-corrected chi connectivity index (χ1v) is 6.08. The van der Waals surface area contributed by atoms with Crippen molar-refractivity contribution in [3.05, 3.63) is 11.9 Å². The monoisotopic (exact) mass is 250 g/mol. The predicted molar refractivity (Wildman–Crippen MR) is 59.7 cm³/mol. The minimum absolute atomic E-state index is 0.0957. The van der Waals surface area contributed by atoms with Gasteiger partial charge in [-0.05, 0) is 24.7 Å². The molecule has 3 unspecified atom stereocenters. The number of rotatable bonds is 2. The normalized spacial score (nSPS) is 30.4. The number of H-pyrrole nitrogens is 1. The summed E-state index contributed by atoms with van der Waals surface area (Å²) < 4.78 is 0. The number of aromatic nitrogens is 3. The first kappa shape index (κ1) is 11.2. The second-order valence-electron chi connectivity index (χ2n) is 4.95. The van der Waals surface area contributed by atoms with E-state index in [2.05, 4.69) is 15.4 Å². The molecule has 1 amide bonds. The number of likely N-dealkylation sites (tertiary alicyclic amines) is 1. The molecule has 1 saturated carbocycles. The fourth-order valence-corrected chi connectivity index (χ4v) is 3.28. The number of aromatic amines is 1. The number of nitrogens with one attached hydrogen (secondary N) is 1. The maximum atomic E-state index is 12.2. The van der Waals surface area contributed by atoms with Crippen LogP contribution in [-0.2, 0) is 4.79 Å². The summed E-state index contributed by atoms with van der Waals surface area (Å²) in [5, 5.41) is 19.0. The number of carbonyl (C=O) groups excluding carboxylic acids is 1. The number of hydrogen-bond acceptors (Lipinski definition) is 4. The van der Waals surface area contributed by atoms with Gasteiger partial charge in [-0.2, -0.15) is 15.4 Å². The van der Waals surface area contributed by atoms with Gasteiger partial charge in [0.1, 0.15) is 6.04 Å². The number of carboxylic acids is 1. The van der Waals surface area contributed by atoms with E-state index < -0.39 is 12.0 Å². The van der Waals surface area contributed by atoms with Gasteiger partial charge >= 0.3 is 5.97 Å². The zero-order valence-electron chi connectivity index (χ0n) is 9.74. The Morgan fingerprint density at radius 1 is 1.44 bits per heavy atom. The van der Waals surface area contributed by atoms with E-state index in [1.165, 1.54) is 11.1 Å². The fourth-order valence-electron chi connectivity index (χ4n) is 3.28. The lowest BCUT2D eigenvalue weighted by molar-refractivity contribution is -0.142. The highest BCUT2D eigenvalue weighted by Crippen LogP contribution is 2.42. The van der Waals surface area contributed by atoms with Crippen molar-refractivity contribution < 1.29 is 14.7 Å². The van der Waals surface area contributed by atoms with Crippen LogP contribution in [0, 0.1) is 11.8 Å². The van der Waals surface area contributed by atoms with Crippen molar-refractivity contribution in [2.75, 3.05) is 6.54 Å². The van der Waals surface area contributed by atoms with Crippen LogP contribution in [0.2, 0.25) is 0 Å². The molecule has 3 atom stereocenters. The van der Waals surface area contributed by atoms with Crippen LogP contribution < -0.4 is 0 Å². The molecule has 1 saturated heterocycles. The Bertz CT molecular complexity index is 473. The van der Waals surface area contributed by atoms with Crippen LogP contribution in [-0.4, -0.2) is 49.9 Å². The average molecular weight is 250 g/mol. The van der Waals surface area contributed by atoms with E-state index in [1.807, 2.05) is 0 Å². The van der Waals surface area contributed by atoms with E-state index in [-0.39, 0.29) is 17.5 Å². The molecule has 1 aromatic heterocycles. The second kappa shape index (κ2) is 4.08. The van der Waals surface area contributed by atoms with E-state index in [9.17, 15) is 14.7 Å². The second-order valence-corrected chi connectivity index (χ2v) is 4.95. The van der Waals surface area contributed by atoms with Crippen molar-refractivity contribution >= 4 is 11.9 Å². The Morgan fingerprint density at radius 3 is 2.94 bits per heavy atom. The number of amides is 1. The number of nitrogens with zero attached hydrogens (tertiary/aromatic N) is 3. The zero-order valence-corrected chi connectivity index (χ0v) is 9.74. The summed E-state index contributed by atoms with van der Waals surface area (Å²) in [5.74, 6) is -0.841. The third kappa shape index (κ3) is 1.58. The minimum atomic E-state index is -0.916. The van der Waals surface area contributed by atoms with E-state index >= 15 is 0 Å². The molecule has 2 fully saturated rings. The minimum Gasteiger partial charge on any atom is -0.480 e. The summed E-state index contributed by atoms with van der Waals surface area (Å²) in [4.78, 5) is 25.0. The van der Waals surface area contributed by atoms with Crippen LogP contribution in [0.3, 0.4) is 0 Å². The maximum absolute atomic E-state index is 12.2. The van der Waals surface area contributed by atoms with Crippen molar-refractivity contribution in [1.29, 1.82) is 0 Å². The topological polar surface area (TPSA) is 99.2 Å². The van der Waals surface area contributed by atoms with E-state index in [4.69, 9.17) is 0 Å². The summed E-state index contributed by atoms with van der Waals surface area (Å²) in [6.07, 6.45) is 4.29. The Kier molecular flexibility index (Phi) is 2.53. The molecule has 0 radical (unpaired) electrons. The van der Waals surface area contributed by atoms with Crippen molar-refractivity contribution in [2.24, 2.45) is 11.8 Å². The third-order valence-electron chi connectivity index (χ3n) is 4.04. The van der Waals surface area contributed by atoms with E-state index in [1.54, 1.807) is 0 Å². The molecule has 7 heteroatoms. The first-order valence-electron chi connectivity index (χ1n) is 6.08. The molecule has 96 valence electrons. The smallest absolute Gasteiger partial charge is 0.326 e. The number of carbonyl (C=O) groups is 2. The van der Waals surface area contributed by atoms with Crippen molar-refractivity contribution in [2.45, 2.75) is 25.3 Å². The van der Waals surface area contributed by atoms with Gasteiger partial charge in [-0.3, -0.25) is 4.79 Å². The fraction of sp³-hybridized carbons (Fsp3) is 0.636. The molecule has 2 N–H and O–H groups in total. The molecule has 18 heavy (non-hydrogen) atoms. The van der Waals surface area contributed by atoms with Gasteiger partial charge in [-0.15, -0.1) is 0 Å². The highest BCUT2D eigenvalue weighted by molar-refractivity contribution is 5.95. The molecule has 1 aliphatic carbocycles. The van der Waals surface area contributed by atoms with E-state index in [0.29, 0.717) is 12.5 Å². The largest absolute Gasteiger partial charge is 0.480 e. The third-order valence-corrected chi connectivity index (χ3v) is 4.04. The van der Waals surface area contributed by atoms with Gasteiger partial charge in [0, 0.05) is 6.54 Å². The number of carboxylic acid groups (broad SMARTS) is 1. The van der Waals surface area contributed by atoms with Gasteiger partial charge in [-0.25, -0.2) is 4.79 Å². The quantitative estimate of drug-likeness (QED) is 0.777. The Balaban J connectivity index is 1.87. The first-order chi connectivity index (χ1) is 8.68. The van der Waals surface area contributed by atoms with Crippen LogP contribution >= 0.6 is 0 Å². The molecule has 7 nitrogen and oxygen atoms in total. The van der Waals surface area contributed by atoms with Crippen molar-refractivity contribution in [1.82, 2.24) is 20.3 Å². The molecular weight excluding hydrogens is 236 g/mol. The lowest BCUT2D eigenvalue weighted by Crippen LogP contribution is -2.43. The molecule has 1 aliphatic heterocycles. The predicted octanol–water partition coefficient (Wildman–Crippen LogP) is 0.130. The average Bonchev–Trinajstić information content (AvgIpc) is 3.03. The van der Waals surface area contributed by atoms with Crippen LogP contribution in [0.5, 0.6) is 0 Å². The van der Waals surface area contributed by atoms with Gasteiger partial charge in [0.05, 0.1) is 6.20 Å². The molecule has 2 heterocycles. The molecule has 3 rings (SSSR count). The molecule has 0 bridgehead atoms. The lowest BCUT2D eigenvalue weighted by atomic mass is 9.94. The zero-order chi connectivity index (χ0) is 12.7. The number of aliphatic carboxylic acids is 1. The summed E-state index contributed by atoms with van der Waals surface area (Å²) >= 11 is 0. The van der Waals surface area contributed by atoms with Crippen molar-refractivity contribution in [3.8, 4) is 0 Å². The SMILES string of the molecule is O=C(O)C1C2CCCC2CN1C(=O)c1cn[nH]n1.